The van der Waals surface area contributed by atoms with Gasteiger partial charge >= 0.3 is 5.97 Å². The zero-order valence-electron chi connectivity index (χ0n) is 11.7. The van der Waals surface area contributed by atoms with E-state index in [1.54, 1.807) is 0 Å². The molecular formula is C14H25NO4. The van der Waals surface area contributed by atoms with Crippen molar-refractivity contribution in [1.82, 2.24) is 5.32 Å². The second-order valence-electron chi connectivity index (χ2n) is 5.09. The van der Waals surface area contributed by atoms with Crippen molar-refractivity contribution >= 4 is 11.9 Å². The van der Waals surface area contributed by atoms with E-state index < -0.39 is 11.9 Å². The van der Waals surface area contributed by atoms with Gasteiger partial charge in [-0.05, 0) is 25.7 Å². The molecule has 0 bridgehead atoms. The van der Waals surface area contributed by atoms with E-state index in [1.807, 2.05) is 0 Å². The van der Waals surface area contributed by atoms with E-state index in [-0.39, 0.29) is 11.8 Å². The van der Waals surface area contributed by atoms with E-state index in [4.69, 9.17) is 9.84 Å². The molecule has 0 aromatic carbocycles. The summed E-state index contributed by atoms with van der Waals surface area (Å²) in [6.07, 6.45) is 4.93. The zero-order valence-corrected chi connectivity index (χ0v) is 11.7. The molecule has 0 spiro atoms. The molecular weight excluding hydrogens is 246 g/mol. The predicted molar refractivity (Wildman–Crippen MR) is 71.8 cm³/mol. The average molecular weight is 271 g/mol. The predicted octanol–water partition coefficient (Wildman–Crippen LogP) is 1.81. The lowest BCUT2D eigenvalue weighted by molar-refractivity contribution is -0.148. The molecule has 1 aliphatic carbocycles. The molecule has 0 aromatic heterocycles. The molecule has 1 rings (SSSR count). The van der Waals surface area contributed by atoms with Gasteiger partial charge in [-0.25, -0.2) is 0 Å². The molecule has 0 aromatic rings. The van der Waals surface area contributed by atoms with Crippen LogP contribution in [0.1, 0.15) is 45.4 Å². The van der Waals surface area contributed by atoms with Crippen LogP contribution in [0.3, 0.4) is 0 Å². The maximum atomic E-state index is 12.0. The van der Waals surface area contributed by atoms with Gasteiger partial charge in [0.05, 0.1) is 11.8 Å². The van der Waals surface area contributed by atoms with Crippen molar-refractivity contribution in [3.63, 3.8) is 0 Å². The van der Waals surface area contributed by atoms with Gasteiger partial charge in [0.1, 0.15) is 0 Å². The third kappa shape index (κ3) is 5.59. The van der Waals surface area contributed by atoms with Crippen LogP contribution in [-0.4, -0.2) is 36.7 Å². The molecule has 1 amide bonds. The fraction of sp³-hybridized carbons (Fsp3) is 0.857. The Balaban J connectivity index is 2.25. The Hall–Kier alpha value is -1.10. The molecule has 19 heavy (non-hydrogen) atoms. The first kappa shape index (κ1) is 16.0. The largest absolute Gasteiger partial charge is 0.481 e. The van der Waals surface area contributed by atoms with Crippen molar-refractivity contribution in [1.29, 1.82) is 0 Å². The van der Waals surface area contributed by atoms with Gasteiger partial charge in [-0.3, -0.25) is 9.59 Å². The van der Waals surface area contributed by atoms with Crippen LogP contribution in [0.25, 0.3) is 0 Å². The lowest BCUT2D eigenvalue weighted by atomic mass is 9.79. The summed E-state index contributed by atoms with van der Waals surface area (Å²) in [5.41, 5.74) is 0. The lowest BCUT2D eigenvalue weighted by Gasteiger charge is -2.27. The lowest BCUT2D eigenvalue weighted by Crippen LogP contribution is -2.40. The highest BCUT2D eigenvalue weighted by Gasteiger charge is 2.35. The van der Waals surface area contributed by atoms with Crippen LogP contribution in [0.2, 0.25) is 0 Å². The van der Waals surface area contributed by atoms with Crippen molar-refractivity contribution < 1.29 is 19.4 Å². The minimum absolute atomic E-state index is 0.109. The van der Waals surface area contributed by atoms with Crippen molar-refractivity contribution in [3.8, 4) is 0 Å². The number of nitrogens with one attached hydrogen (secondary N) is 1. The molecule has 0 radical (unpaired) electrons. The van der Waals surface area contributed by atoms with Gasteiger partial charge < -0.3 is 15.2 Å². The summed E-state index contributed by atoms with van der Waals surface area (Å²) >= 11 is 0. The topological polar surface area (TPSA) is 75.6 Å². The number of ether oxygens (including phenoxy) is 1. The van der Waals surface area contributed by atoms with Crippen LogP contribution in [-0.2, 0) is 14.3 Å². The molecule has 5 nitrogen and oxygen atoms in total. The molecule has 2 unspecified atom stereocenters. The molecule has 1 saturated carbocycles. The van der Waals surface area contributed by atoms with Gasteiger partial charge in [0, 0.05) is 19.8 Å². The minimum atomic E-state index is -0.842. The van der Waals surface area contributed by atoms with Crippen LogP contribution in [0.15, 0.2) is 0 Å². The molecule has 1 fully saturated rings. The molecule has 2 atom stereocenters. The Morgan fingerprint density at radius 2 is 1.89 bits per heavy atom. The highest BCUT2D eigenvalue weighted by molar-refractivity contribution is 5.84. The van der Waals surface area contributed by atoms with Gasteiger partial charge in [0.15, 0.2) is 0 Å². The van der Waals surface area contributed by atoms with Crippen molar-refractivity contribution in [2.24, 2.45) is 11.8 Å². The number of amides is 1. The molecule has 0 saturated heterocycles. The van der Waals surface area contributed by atoms with Crippen LogP contribution < -0.4 is 5.32 Å². The van der Waals surface area contributed by atoms with Crippen LogP contribution in [0, 0.1) is 11.8 Å². The molecule has 2 N–H and O–H groups in total. The van der Waals surface area contributed by atoms with Gasteiger partial charge in [0.25, 0.3) is 0 Å². The van der Waals surface area contributed by atoms with E-state index in [9.17, 15) is 9.59 Å². The summed E-state index contributed by atoms with van der Waals surface area (Å²) in [5, 5.41) is 12.0. The summed E-state index contributed by atoms with van der Waals surface area (Å²) in [6, 6.07) is 0. The number of hydrogen-bond donors (Lipinski definition) is 2. The standard InChI is InChI=1S/C14H25NO4/c1-2-9-19-10-5-8-15-13(16)11-6-3-4-7-12(11)14(17)18/h11-12H,2-10H2,1H3,(H,15,16)(H,17,18). The van der Waals surface area contributed by atoms with Crippen molar-refractivity contribution in [2.45, 2.75) is 45.4 Å². The molecule has 0 heterocycles. The second-order valence-corrected chi connectivity index (χ2v) is 5.09. The second kappa shape index (κ2) is 8.91. The molecule has 0 aliphatic heterocycles. The smallest absolute Gasteiger partial charge is 0.307 e. The fourth-order valence-corrected chi connectivity index (χ4v) is 2.50. The van der Waals surface area contributed by atoms with Crippen molar-refractivity contribution in [2.75, 3.05) is 19.8 Å². The summed E-state index contributed by atoms with van der Waals surface area (Å²) in [4.78, 5) is 23.1. The number of carboxylic acid groups (broad SMARTS) is 1. The first-order valence-corrected chi connectivity index (χ1v) is 7.25. The molecule has 1 aliphatic rings. The first-order valence-electron chi connectivity index (χ1n) is 7.25. The average Bonchev–Trinajstić information content (AvgIpc) is 2.42. The number of hydrogen-bond acceptors (Lipinski definition) is 3. The van der Waals surface area contributed by atoms with E-state index in [0.717, 1.165) is 32.3 Å². The number of carbonyl (C=O) groups excluding carboxylic acids is 1. The monoisotopic (exact) mass is 271 g/mol. The minimum Gasteiger partial charge on any atom is -0.481 e. The van der Waals surface area contributed by atoms with Gasteiger partial charge in [-0.15, -0.1) is 0 Å². The highest BCUT2D eigenvalue weighted by atomic mass is 16.5. The van der Waals surface area contributed by atoms with E-state index in [1.165, 1.54) is 0 Å². The number of aliphatic carboxylic acids is 1. The Labute approximate surface area is 114 Å². The Morgan fingerprint density at radius 1 is 1.21 bits per heavy atom. The summed E-state index contributed by atoms with van der Waals surface area (Å²) < 4.78 is 5.32. The van der Waals surface area contributed by atoms with Crippen LogP contribution in [0.4, 0.5) is 0 Å². The normalized spacial score (nSPS) is 23.0. The Morgan fingerprint density at radius 3 is 2.53 bits per heavy atom. The number of carbonyl (C=O) groups is 2. The van der Waals surface area contributed by atoms with Gasteiger partial charge in [-0.2, -0.15) is 0 Å². The quantitative estimate of drug-likeness (QED) is 0.660. The zero-order chi connectivity index (χ0) is 14.1. The number of rotatable bonds is 8. The van der Waals surface area contributed by atoms with Gasteiger partial charge in [0.2, 0.25) is 5.91 Å². The maximum absolute atomic E-state index is 12.0. The number of carboxylic acids is 1. The molecule has 5 heteroatoms. The van der Waals surface area contributed by atoms with E-state index >= 15 is 0 Å². The SMILES string of the molecule is CCCOCCCNC(=O)C1CCCCC1C(=O)O. The third-order valence-corrected chi connectivity index (χ3v) is 3.53. The fourth-order valence-electron chi connectivity index (χ4n) is 2.50. The summed E-state index contributed by atoms with van der Waals surface area (Å²) in [6.45, 7) is 4.00. The summed E-state index contributed by atoms with van der Waals surface area (Å²) in [5.74, 6) is -1.82. The Bertz CT molecular complexity index is 293. The first-order chi connectivity index (χ1) is 9.16. The van der Waals surface area contributed by atoms with E-state index in [2.05, 4.69) is 12.2 Å². The third-order valence-electron chi connectivity index (χ3n) is 3.53. The molecule has 110 valence electrons. The van der Waals surface area contributed by atoms with Crippen molar-refractivity contribution in [3.05, 3.63) is 0 Å². The van der Waals surface area contributed by atoms with Gasteiger partial charge in [-0.1, -0.05) is 19.8 Å². The Kier molecular flexibility index (Phi) is 7.48. The van der Waals surface area contributed by atoms with E-state index in [0.29, 0.717) is 26.0 Å². The highest BCUT2D eigenvalue weighted by Crippen LogP contribution is 2.30. The summed E-state index contributed by atoms with van der Waals surface area (Å²) in [7, 11) is 0. The van der Waals surface area contributed by atoms with Crippen LogP contribution in [0.5, 0.6) is 0 Å². The van der Waals surface area contributed by atoms with Crippen LogP contribution >= 0.6 is 0 Å². The maximum Gasteiger partial charge on any atom is 0.307 e.